The standard InChI is InChI=1S/C15H18N6O2S/c1-2-3-18-13(22)7-21-14(10-8-24-9-12(10)20-21)19-15(23)11-6-16-4-5-17-11/h4-6H,2-3,7-9H2,1H3,(H,18,22)(H,19,23). The molecule has 1 aliphatic heterocycles. The van der Waals surface area contributed by atoms with Crippen molar-refractivity contribution in [2.45, 2.75) is 31.4 Å². The zero-order chi connectivity index (χ0) is 16.9. The van der Waals surface area contributed by atoms with E-state index in [2.05, 4.69) is 25.7 Å². The van der Waals surface area contributed by atoms with Crippen molar-refractivity contribution in [3.8, 4) is 0 Å². The molecule has 126 valence electrons. The summed E-state index contributed by atoms with van der Waals surface area (Å²) in [5, 5.41) is 10.1. The summed E-state index contributed by atoms with van der Waals surface area (Å²) in [7, 11) is 0. The Morgan fingerprint density at radius 3 is 2.96 bits per heavy atom. The first kappa shape index (κ1) is 16.4. The minimum absolute atomic E-state index is 0.0771. The SMILES string of the molecule is CCCNC(=O)Cn1nc2c(c1NC(=O)c1cnccn1)CSC2. The van der Waals surface area contributed by atoms with Crippen molar-refractivity contribution >= 4 is 29.4 Å². The van der Waals surface area contributed by atoms with Crippen LogP contribution in [-0.2, 0) is 22.8 Å². The number of rotatable bonds is 6. The smallest absolute Gasteiger partial charge is 0.277 e. The molecule has 0 saturated carbocycles. The highest BCUT2D eigenvalue weighted by Crippen LogP contribution is 2.34. The number of thioether (sulfide) groups is 1. The first-order valence-electron chi connectivity index (χ1n) is 7.69. The third-order valence-corrected chi connectivity index (χ3v) is 4.48. The van der Waals surface area contributed by atoms with E-state index in [1.807, 2.05) is 6.92 Å². The molecule has 2 aromatic heterocycles. The Hall–Kier alpha value is -2.42. The number of carbonyl (C=O) groups excluding carboxylic acids is 2. The summed E-state index contributed by atoms with van der Waals surface area (Å²) in [5.74, 6) is 1.63. The molecule has 0 unspecified atom stereocenters. The van der Waals surface area contributed by atoms with Crippen molar-refractivity contribution < 1.29 is 9.59 Å². The normalized spacial score (nSPS) is 12.7. The van der Waals surface area contributed by atoms with E-state index in [9.17, 15) is 9.59 Å². The summed E-state index contributed by atoms with van der Waals surface area (Å²) in [6, 6.07) is 0. The zero-order valence-corrected chi connectivity index (χ0v) is 14.1. The van der Waals surface area contributed by atoms with E-state index < -0.39 is 0 Å². The third kappa shape index (κ3) is 3.56. The van der Waals surface area contributed by atoms with Gasteiger partial charge >= 0.3 is 0 Å². The fourth-order valence-electron chi connectivity index (χ4n) is 2.36. The monoisotopic (exact) mass is 346 g/mol. The average Bonchev–Trinajstić information content (AvgIpc) is 3.16. The van der Waals surface area contributed by atoms with Gasteiger partial charge in [-0.2, -0.15) is 16.9 Å². The Morgan fingerprint density at radius 2 is 2.21 bits per heavy atom. The van der Waals surface area contributed by atoms with Crippen LogP contribution in [0.25, 0.3) is 0 Å². The van der Waals surface area contributed by atoms with E-state index in [4.69, 9.17) is 0 Å². The molecule has 0 aromatic carbocycles. The molecule has 3 rings (SSSR count). The number of hydrogen-bond donors (Lipinski definition) is 2. The lowest BCUT2D eigenvalue weighted by atomic mass is 10.2. The van der Waals surface area contributed by atoms with Gasteiger partial charge in [0.2, 0.25) is 5.91 Å². The molecule has 0 atom stereocenters. The van der Waals surface area contributed by atoms with Crippen LogP contribution in [0.3, 0.4) is 0 Å². The number of carbonyl (C=O) groups is 2. The molecule has 2 amide bonds. The molecule has 3 heterocycles. The molecule has 24 heavy (non-hydrogen) atoms. The highest BCUT2D eigenvalue weighted by atomic mass is 32.2. The topological polar surface area (TPSA) is 102 Å². The summed E-state index contributed by atoms with van der Waals surface area (Å²) in [4.78, 5) is 32.2. The van der Waals surface area contributed by atoms with Gasteiger partial charge in [-0.05, 0) is 6.42 Å². The predicted octanol–water partition coefficient (Wildman–Crippen LogP) is 1.20. The molecule has 2 N–H and O–H groups in total. The molecular formula is C15H18N6O2S. The van der Waals surface area contributed by atoms with Gasteiger partial charge < -0.3 is 10.6 Å². The summed E-state index contributed by atoms with van der Waals surface area (Å²) in [6.45, 7) is 2.69. The van der Waals surface area contributed by atoms with E-state index in [0.717, 1.165) is 29.2 Å². The Balaban J connectivity index is 1.81. The number of hydrogen-bond acceptors (Lipinski definition) is 6. The second kappa shape index (κ2) is 7.43. The number of nitrogens with one attached hydrogen (secondary N) is 2. The summed E-state index contributed by atoms with van der Waals surface area (Å²) < 4.78 is 1.56. The van der Waals surface area contributed by atoms with Crippen LogP contribution >= 0.6 is 11.8 Å². The van der Waals surface area contributed by atoms with Crippen LogP contribution in [0.4, 0.5) is 5.82 Å². The predicted molar refractivity (Wildman–Crippen MR) is 90.5 cm³/mol. The maximum Gasteiger partial charge on any atom is 0.277 e. The van der Waals surface area contributed by atoms with E-state index in [0.29, 0.717) is 12.4 Å². The van der Waals surface area contributed by atoms with Crippen LogP contribution in [0.1, 0.15) is 35.1 Å². The Bertz CT molecular complexity index is 746. The van der Waals surface area contributed by atoms with Gasteiger partial charge in [0, 0.05) is 36.0 Å². The molecule has 8 nitrogen and oxygen atoms in total. The molecule has 0 spiro atoms. The minimum Gasteiger partial charge on any atom is -0.355 e. The highest BCUT2D eigenvalue weighted by molar-refractivity contribution is 7.98. The summed E-state index contributed by atoms with van der Waals surface area (Å²) in [6.07, 6.45) is 5.24. The molecular weight excluding hydrogens is 328 g/mol. The van der Waals surface area contributed by atoms with Crippen LogP contribution < -0.4 is 10.6 Å². The second-order valence-electron chi connectivity index (χ2n) is 5.32. The third-order valence-electron chi connectivity index (χ3n) is 3.51. The van der Waals surface area contributed by atoms with Gasteiger partial charge in [-0.25, -0.2) is 9.67 Å². The number of fused-ring (bicyclic) bond motifs is 1. The number of amides is 2. The van der Waals surface area contributed by atoms with Gasteiger partial charge in [-0.3, -0.25) is 14.6 Å². The van der Waals surface area contributed by atoms with Crippen LogP contribution in [0.2, 0.25) is 0 Å². The first-order chi connectivity index (χ1) is 11.7. The lowest BCUT2D eigenvalue weighted by Gasteiger charge is -2.10. The molecule has 0 fully saturated rings. The quantitative estimate of drug-likeness (QED) is 0.815. The van der Waals surface area contributed by atoms with Crippen molar-refractivity contribution in [3.05, 3.63) is 35.5 Å². The fraction of sp³-hybridized carbons (Fsp3) is 0.400. The molecule has 0 saturated heterocycles. The number of aromatic nitrogens is 4. The lowest BCUT2D eigenvalue weighted by Crippen LogP contribution is -2.29. The van der Waals surface area contributed by atoms with Gasteiger partial charge in [0.25, 0.3) is 5.91 Å². The van der Waals surface area contributed by atoms with Gasteiger partial charge in [-0.1, -0.05) is 6.92 Å². The van der Waals surface area contributed by atoms with Crippen LogP contribution in [0.5, 0.6) is 0 Å². The minimum atomic E-state index is -0.363. The van der Waals surface area contributed by atoms with Crippen molar-refractivity contribution in [2.24, 2.45) is 0 Å². The van der Waals surface area contributed by atoms with Crippen molar-refractivity contribution in [3.63, 3.8) is 0 Å². The maximum absolute atomic E-state index is 12.4. The van der Waals surface area contributed by atoms with Crippen LogP contribution in [-0.4, -0.2) is 38.1 Å². The van der Waals surface area contributed by atoms with Gasteiger partial charge in [0.15, 0.2) is 0 Å². The lowest BCUT2D eigenvalue weighted by molar-refractivity contribution is -0.121. The van der Waals surface area contributed by atoms with Crippen LogP contribution in [0.15, 0.2) is 18.6 Å². The molecule has 0 bridgehead atoms. The van der Waals surface area contributed by atoms with E-state index in [1.54, 1.807) is 16.4 Å². The summed E-state index contributed by atoms with van der Waals surface area (Å²) in [5.41, 5.74) is 2.11. The van der Waals surface area contributed by atoms with Crippen molar-refractivity contribution in [1.82, 2.24) is 25.1 Å². The fourth-order valence-corrected chi connectivity index (χ4v) is 3.40. The Labute approximate surface area is 143 Å². The molecule has 2 aromatic rings. The maximum atomic E-state index is 12.4. The zero-order valence-electron chi connectivity index (χ0n) is 13.3. The molecule has 0 aliphatic carbocycles. The number of nitrogens with zero attached hydrogens (tertiary/aromatic N) is 4. The molecule has 9 heteroatoms. The average molecular weight is 346 g/mol. The van der Waals surface area contributed by atoms with Gasteiger partial charge in [0.05, 0.1) is 11.9 Å². The Kier molecular flexibility index (Phi) is 5.09. The van der Waals surface area contributed by atoms with Crippen molar-refractivity contribution in [1.29, 1.82) is 0 Å². The largest absolute Gasteiger partial charge is 0.355 e. The first-order valence-corrected chi connectivity index (χ1v) is 8.85. The highest BCUT2D eigenvalue weighted by Gasteiger charge is 2.25. The van der Waals surface area contributed by atoms with Gasteiger partial charge in [-0.15, -0.1) is 0 Å². The van der Waals surface area contributed by atoms with E-state index >= 15 is 0 Å². The van der Waals surface area contributed by atoms with Gasteiger partial charge in [0.1, 0.15) is 18.1 Å². The Morgan fingerprint density at radius 1 is 1.33 bits per heavy atom. The summed E-state index contributed by atoms with van der Waals surface area (Å²) >= 11 is 1.73. The van der Waals surface area contributed by atoms with Crippen LogP contribution in [0, 0.1) is 0 Å². The van der Waals surface area contributed by atoms with E-state index in [1.165, 1.54) is 18.6 Å². The second-order valence-corrected chi connectivity index (χ2v) is 6.30. The number of anilines is 1. The molecule has 0 radical (unpaired) electrons. The van der Waals surface area contributed by atoms with Crippen molar-refractivity contribution in [2.75, 3.05) is 11.9 Å². The van der Waals surface area contributed by atoms with E-state index in [-0.39, 0.29) is 24.1 Å². The molecule has 1 aliphatic rings.